The van der Waals surface area contributed by atoms with Gasteiger partial charge in [-0.3, -0.25) is 0 Å². The summed E-state index contributed by atoms with van der Waals surface area (Å²) in [5.41, 5.74) is 0.539. The minimum Gasteiger partial charge on any atom is -0.316 e. The van der Waals surface area contributed by atoms with Crippen molar-refractivity contribution in [3.63, 3.8) is 0 Å². The van der Waals surface area contributed by atoms with E-state index in [1.807, 2.05) is 0 Å². The molecule has 80 valence electrons. The summed E-state index contributed by atoms with van der Waals surface area (Å²) in [4.78, 5) is 0. The molecular formula is C13H23N. The van der Waals surface area contributed by atoms with Gasteiger partial charge in [0.15, 0.2) is 0 Å². The molecule has 2 rings (SSSR count). The molecule has 0 aromatic heterocycles. The fourth-order valence-electron chi connectivity index (χ4n) is 2.92. The van der Waals surface area contributed by atoms with Crippen LogP contribution in [0.5, 0.6) is 0 Å². The lowest BCUT2D eigenvalue weighted by Gasteiger charge is -2.37. The standard InChI is InChI=1S/C13H23N/c1-13(2)7-3-5-11(9-13)12-6-4-8-14-10-12/h3,5,11-12,14H,4,6-10H2,1-2H3. The van der Waals surface area contributed by atoms with Crippen molar-refractivity contribution in [2.75, 3.05) is 13.1 Å². The van der Waals surface area contributed by atoms with E-state index in [-0.39, 0.29) is 0 Å². The Morgan fingerprint density at radius 3 is 2.86 bits per heavy atom. The highest BCUT2D eigenvalue weighted by atomic mass is 14.9. The van der Waals surface area contributed by atoms with Gasteiger partial charge in [-0.15, -0.1) is 0 Å². The molecule has 0 radical (unpaired) electrons. The predicted molar refractivity (Wildman–Crippen MR) is 61.2 cm³/mol. The van der Waals surface area contributed by atoms with E-state index in [9.17, 15) is 0 Å². The predicted octanol–water partition coefficient (Wildman–Crippen LogP) is 2.98. The molecule has 1 aliphatic carbocycles. The second-order valence-electron chi connectivity index (χ2n) is 5.77. The number of hydrogen-bond acceptors (Lipinski definition) is 1. The first-order valence-electron chi connectivity index (χ1n) is 6.05. The van der Waals surface area contributed by atoms with E-state index in [1.165, 1.54) is 38.8 Å². The number of nitrogens with one attached hydrogen (secondary N) is 1. The van der Waals surface area contributed by atoms with Crippen LogP contribution in [-0.4, -0.2) is 13.1 Å². The zero-order valence-corrected chi connectivity index (χ0v) is 9.55. The Morgan fingerprint density at radius 1 is 1.36 bits per heavy atom. The van der Waals surface area contributed by atoms with Crippen molar-refractivity contribution in [3.05, 3.63) is 12.2 Å². The van der Waals surface area contributed by atoms with Crippen LogP contribution in [0.15, 0.2) is 12.2 Å². The van der Waals surface area contributed by atoms with Crippen LogP contribution in [0.4, 0.5) is 0 Å². The topological polar surface area (TPSA) is 12.0 Å². The number of rotatable bonds is 1. The highest BCUT2D eigenvalue weighted by Gasteiger charge is 2.30. The maximum absolute atomic E-state index is 3.53. The highest BCUT2D eigenvalue weighted by molar-refractivity contribution is 5.02. The summed E-state index contributed by atoms with van der Waals surface area (Å²) < 4.78 is 0. The fraction of sp³-hybridized carbons (Fsp3) is 0.846. The molecule has 0 saturated carbocycles. The molecule has 0 amide bonds. The maximum atomic E-state index is 3.53. The lowest BCUT2D eigenvalue weighted by Crippen LogP contribution is -2.36. The molecule has 1 fully saturated rings. The van der Waals surface area contributed by atoms with Gasteiger partial charge in [0.2, 0.25) is 0 Å². The molecule has 1 saturated heterocycles. The maximum Gasteiger partial charge on any atom is -0.00149 e. The van der Waals surface area contributed by atoms with Gasteiger partial charge in [0.25, 0.3) is 0 Å². The average molecular weight is 193 g/mol. The molecular weight excluding hydrogens is 170 g/mol. The third-order valence-electron chi connectivity index (χ3n) is 3.78. The Morgan fingerprint density at radius 2 is 2.21 bits per heavy atom. The van der Waals surface area contributed by atoms with Crippen LogP contribution in [0, 0.1) is 17.3 Å². The normalized spacial score (nSPS) is 37.0. The van der Waals surface area contributed by atoms with Crippen molar-refractivity contribution in [2.45, 2.75) is 39.5 Å². The minimum absolute atomic E-state index is 0.539. The highest BCUT2D eigenvalue weighted by Crippen LogP contribution is 2.39. The Labute approximate surface area is 88.0 Å². The van der Waals surface area contributed by atoms with E-state index < -0.39 is 0 Å². The Bertz CT molecular complexity index is 211. The van der Waals surface area contributed by atoms with Gasteiger partial charge in [-0.1, -0.05) is 26.0 Å². The Balaban J connectivity index is 1.96. The third kappa shape index (κ3) is 2.38. The van der Waals surface area contributed by atoms with Crippen molar-refractivity contribution in [1.82, 2.24) is 5.32 Å². The van der Waals surface area contributed by atoms with E-state index in [1.54, 1.807) is 0 Å². The monoisotopic (exact) mass is 193 g/mol. The van der Waals surface area contributed by atoms with E-state index in [2.05, 4.69) is 31.3 Å². The Hall–Kier alpha value is -0.300. The molecule has 1 heteroatoms. The molecule has 14 heavy (non-hydrogen) atoms. The van der Waals surface area contributed by atoms with Gasteiger partial charge in [-0.05, 0) is 56.0 Å². The van der Waals surface area contributed by atoms with Crippen LogP contribution in [0.25, 0.3) is 0 Å². The van der Waals surface area contributed by atoms with Gasteiger partial charge in [0.05, 0.1) is 0 Å². The van der Waals surface area contributed by atoms with E-state index in [0.29, 0.717) is 5.41 Å². The SMILES string of the molecule is CC1(C)CC=CC(C2CCCNC2)C1. The molecule has 1 N–H and O–H groups in total. The molecule has 2 atom stereocenters. The molecule has 0 spiro atoms. The van der Waals surface area contributed by atoms with Crippen LogP contribution in [-0.2, 0) is 0 Å². The molecule has 1 aliphatic heterocycles. The lowest BCUT2D eigenvalue weighted by atomic mass is 9.70. The van der Waals surface area contributed by atoms with Crippen molar-refractivity contribution in [1.29, 1.82) is 0 Å². The number of piperidine rings is 1. The summed E-state index contributed by atoms with van der Waals surface area (Å²) in [7, 11) is 0. The summed E-state index contributed by atoms with van der Waals surface area (Å²) in [6.07, 6.45) is 10.3. The summed E-state index contributed by atoms with van der Waals surface area (Å²) in [6.45, 7) is 7.28. The zero-order chi connectivity index (χ0) is 10.0. The first kappa shape index (κ1) is 10.2. The van der Waals surface area contributed by atoms with Crippen LogP contribution in [0.2, 0.25) is 0 Å². The van der Waals surface area contributed by atoms with E-state index >= 15 is 0 Å². The quantitative estimate of drug-likeness (QED) is 0.631. The molecule has 2 aliphatic rings. The number of hydrogen-bond donors (Lipinski definition) is 1. The van der Waals surface area contributed by atoms with E-state index in [0.717, 1.165) is 11.8 Å². The van der Waals surface area contributed by atoms with Gasteiger partial charge in [-0.2, -0.15) is 0 Å². The molecule has 2 unspecified atom stereocenters. The van der Waals surface area contributed by atoms with Gasteiger partial charge < -0.3 is 5.32 Å². The third-order valence-corrected chi connectivity index (χ3v) is 3.78. The van der Waals surface area contributed by atoms with Gasteiger partial charge in [-0.25, -0.2) is 0 Å². The summed E-state index contributed by atoms with van der Waals surface area (Å²) in [6, 6.07) is 0. The van der Waals surface area contributed by atoms with Crippen LogP contribution in [0.1, 0.15) is 39.5 Å². The first-order chi connectivity index (χ1) is 6.67. The van der Waals surface area contributed by atoms with Crippen LogP contribution >= 0.6 is 0 Å². The summed E-state index contributed by atoms with van der Waals surface area (Å²) in [5, 5.41) is 3.53. The number of allylic oxidation sites excluding steroid dienone is 2. The molecule has 0 aromatic rings. The van der Waals surface area contributed by atoms with Crippen molar-refractivity contribution in [3.8, 4) is 0 Å². The van der Waals surface area contributed by atoms with Gasteiger partial charge in [0.1, 0.15) is 0 Å². The van der Waals surface area contributed by atoms with Crippen molar-refractivity contribution < 1.29 is 0 Å². The van der Waals surface area contributed by atoms with Gasteiger partial charge in [0, 0.05) is 0 Å². The molecule has 0 aromatic carbocycles. The van der Waals surface area contributed by atoms with Crippen molar-refractivity contribution in [2.24, 2.45) is 17.3 Å². The van der Waals surface area contributed by atoms with E-state index in [4.69, 9.17) is 0 Å². The second-order valence-corrected chi connectivity index (χ2v) is 5.77. The fourth-order valence-corrected chi connectivity index (χ4v) is 2.92. The first-order valence-corrected chi connectivity index (χ1v) is 6.05. The smallest absolute Gasteiger partial charge is 0.00149 e. The van der Waals surface area contributed by atoms with Gasteiger partial charge >= 0.3 is 0 Å². The molecule has 1 nitrogen and oxygen atoms in total. The molecule has 0 bridgehead atoms. The van der Waals surface area contributed by atoms with Crippen LogP contribution < -0.4 is 5.32 Å². The largest absolute Gasteiger partial charge is 0.316 e. The summed E-state index contributed by atoms with van der Waals surface area (Å²) >= 11 is 0. The van der Waals surface area contributed by atoms with Crippen LogP contribution in [0.3, 0.4) is 0 Å². The lowest BCUT2D eigenvalue weighted by molar-refractivity contribution is 0.203. The summed E-state index contributed by atoms with van der Waals surface area (Å²) in [5.74, 6) is 1.74. The zero-order valence-electron chi connectivity index (χ0n) is 9.55. The molecule has 1 heterocycles. The van der Waals surface area contributed by atoms with Crippen molar-refractivity contribution >= 4 is 0 Å². The average Bonchev–Trinajstić information content (AvgIpc) is 2.18. The minimum atomic E-state index is 0.539. The second kappa shape index (κ2) is 4.06. The Kier molecular flexibility index (Phi) is 2.96.